The van der Waals surface area contributed by atoms with Crippen LogP contribution in [-0.4, -0.2) is 47.6 Å². The maximum Gasteiger partial charge on any atom is 0.307 e. The quantitative estimate of drug-likeness (QED) is 0.875. The first-order valence-electron chi connectivity index (χ1n) is 7.62. The number of carboxylic acid groups (broad SMARTS) is 1. The lowest BCUT2D eigenvalue weighted by Crippen LogP contribution is -2.33. The van der Waals surface area contributed by atoms with Crippen LogP contribution in [0.3, 0.4) is 0 Å². The molecule has 1 N–H and O–H groups in total. The summed E-state index contributed by atoms with van der Waals surface area (Å²) in [6, 6.07) is 10.5. The third-order valence-corrected chi connectivity index (χ3v) is 5.62. The fourth-order valence-corrected chi connectivity index (χ4v) is 4.64. The number of hydrogen-bond donors (Lipinski definition) is 1. The highest BCUT2D eigenvalue weighted by molar-refractivity contribution is 7.99. The Morgan fingerprint density at radius 1 is 1.29 bits per heavy atom. The molecule has 0 aliphatic heterocycles. The van der Waals surface area contributed by atoms with E-state index in [4.69, 9.17) is 0 Å². The van der Waals surface area contributed by atoms with Crippen LogP contribution < -0.4 is 0 Å². The topological polar surface area (TPSA) is 40.5 Å². The first-order valence-corrected chi connectivity index (χ1v) is 8.67. The highest BCUT2D eigenvalue weighted by Gasteiger charge is 2.35. The zero-order valence-electron chi connectivity index (χ0n) is 12.9. The van der Waals surface area contributed by atoms with Crippen molar-refractivity contribution in [2.24, 2.45) is 5.92 Å². The highest BCUT2D eigenvalue weighted by Crippen LogP contribution is 2.41. The van der Waals surface area contributed by atoms with E-state index in [1.165, 1.54) is 5.56 Å². The van der Waals surface area contributed by atoms with Crippen LogP contribution in [0.25, 0.3) is 0 Å². The van der Waals surface area contributed by atoms with E-state index in [0.29, 0.717) is 5.92 Å². The lowest BCUT2D eigenvalue weighted by molar-refractivity contribution is -0.142. The number of rotatable bonds is 6. The third-order valence-electron chi connectivity index (χ3n) is 4.25. The minimum absolute atomic E-state index is 0.183. The van der Waals surface area contributed by atoms with Crippen LogP contribution in [-0.2, 0) is 4.79 Å². The summed E-state index contributed by atoms with van der Waals surface area (Å²) in [5.74, 6) is 0.711. The molecule has 0 amide bonds. The Morgan fingerprint density at radius 3 is 2.62 bits per heavy atom. The number of benzene rings is 1. The number of nitrogens with zero attached hydrogens (tertiary/aromatic N) is 1. The van der Waals surface area contributed by atoms with Gasteiger partial charge in [-0.25, -0.2) is 0 Å². The maximum absolute atomic E-state index is 11.5. The number of hydrogen-bond acceptors (Lipinski definition) is 3. The fraction of sp³-hybridized carbons (Fsp3) is 0.588. The molecule has 0 saturated heterocycles. The average Bonchev–Trinajstić information content (AvgIpc) is 2.47. The van der Waals surface area contributed by atoms with Gasteiger partial charge in [0.2, 0.25) is 0 Å². The first-order chi connectivity index (χ1) is 10.1. The van der Waals surface area contributed by atoms with Crippen molar-refractivity contribution >= 4 is 17.7 Å². The van der Waals surface area contributed by atoms with Gasteiger partial charge in [-0.2, -0.15) is 11.8 Å². The maximum atomic E-state index is 11.5. The number of carbonyl (C=O) groups is 1. The van der Waals surface area contributed by atoms with Crippen molar-refractivity contribution in [2.45, 2.75) is 30.4 Å². The number of carboxylic acids is 1. The summed E-state index contributed by atoms with van der Waals surface area (Å²) < 4.78 is 0. The Balaban J connectivity index is 1.99. The Hall–Kier alpha value is -1.00. The second kappa shape index (κ2) is 7.85. The van der Waals surface area contributed by atoms with E-state index >= 15 is 0 Å². The van der Waals surface area contributed by atoms with Gasteiger partial charge < -0.3 is 10.0 Å². The standard InChI is InChI=1S/C17H25NO2S/c1-18(2)10-11-21-16-12-14(8-9-15(16)17(19)20)13-6-4-3-5-7-13/h3-7,14-16H,8-12H2,1-2H3,(H,19,20). The van der Waals surface area contributed by atoms with Crippen LogP contribution in [0.15, 0.2) is 30.3 Å². The van der Waals surface area contributed by atoms with Crippen LogP contribution in [0.2, 0.25) is 0 Å². The molecule has 1 saturated carbocycles. The largest absolute Gasteiger partial charge is 0.481 e. The van der Waals surface area contributed by atoms with E-state index in [2.05, 4.69) is 43.3 Å². The van der Waals surface area contributed by atoms with Crippen molar-refractivity contribution in [2.75, 3.05) is 26.4 Å². The smallest absolute Gasteiger partial charge is 0.307 e. The van der Waals surface area contributed by atoms with Crippen LogP contribution in [0.4, 0.5) is 0 Å². The lowest BCUT2D eigenvalue weighted by atomic mass is 9.78. The minimum Gasteiger partial charge on any atom is -0.481 e. The van der Waals surface area contributed by atoms with Gasteiger partial charge in [-0.3, -0.25) is 4.79 Å². The molecule has 2 rings (SSSR count). The first kappa shape index (κ1) is 16.4. The summed E-state index contributed by atoms with van der Waals surface area (Å²) in [6.07, 6.45) is 2.78. The fourth-order valence-electron chi connectivity index (χ4n) is 3.01. The van der Waals surface area contributed by atoms with Gasteiger partial charge in [0.05, 0.1) is 5.92 Å². The zero-order chi connectivity index (χ0) is 15.2. The van der Waals surface area contributed by atoms with Gasteiger partial charge in [0.25, 0.3) is 0 Å². The molecule has 0 heterocycles. The predicted octanol–water partition coefficient (Wildman–Crippen LogP) is 3.32. The molecular formula is C17H25NO2S. The molecule has 0 aromatic heterocycles. The van der Waals surface area contributed by atoms with Gasteiger partial charge in [0.1, 0.15) is 0 Å². The van der Waals surface area contributed by atoms with Gasteiger partial charge in [-0.05, 0) is 44.8 Å². The van der Waals surface area contributed by atoms with Crippen LogP contribution in [0.1, 0.15) is 30.7 Å². The van der Waals surface area contributed by atoms with Crippen LogP contribution in [0, 0.1) is 5.92 Å². The summed E-state index contributed by atoms with van der Waals surface area (Å²) in [7, 11) is 4.12. The Kier molecular flexibility index (Phi) is 6.12. The molecule has 1 aromatic carbocycles. The van der Waals surface area contributed by atoms with E-state index in [1.807, 2.05) is 17.8 Å². The Labute approximate surface area is 131 Å². The molecule has 1 aliphatic carbocycles. The second-order valence-corrected chi connectivity index (χ2v) is 7.42. The Morgan fingerprint density at radius 2 is 2.00 bits per heavy atom. The van der Waals surface area contributed by atoms with Crippen molar-refractivity contribution in [3.8, 4) is 0 Å². The molecule has 0 bridgehead atoms. The molecular weight excluding hydrogens is 282 g/mol. The zero-order valence-corrected chi connectivity index (χ0v) is 13.7. The molecule has 21 heavy (non-hydrogen) atoms. The number of aliphatic carboxylic acids is 1. The number of thioether (sulfide) groups is 1. The van der Waals surface area contributed by atoms with Crippen molar-refractivity contribution < 1.29 is 9.90 Å². The summed E-state index contributed by atoms with van der Waals surface area (Å²) in [4.78, 5) is 13.6. The van der Waals surface area contributed by atoms with E-state index in [0.717, 1.165) is 31.6 Å². The van der Waals surface area contributed by atoms with Crippen molar-refractivity contribution in [3.63, 3.8) is 0 Å². The van der Waals surface area contributed by atoms with E-state index < -0.39 is 5.97 Å². The summed E-state index contributed by atoms with van der Waals surface area (Å²) in [5.41, 5.74) is 1.36. The van der Waals surface area contributed by atoms with Crippen LogP contribution >= 0.6 is 11.8 Å². The monoisotopic (exact) mass is 307 g/mol. The van der Waals surface area contributed by atoms with Gasteiger partial charge in [-0.1, -0.05) is 30.3 Å². The van der Waals surface area contributed by atoms with Crippen molar-refractivity contribution in [1.29, 1.82) is 0 Å². The molecule has 3 nitrogen and oxygen atoms in total. The molecule has 1 aromatic rings. The minimum atomic E-state index is -0.621. The van der Waals surface area contributed by atoms with E-state index in [9.17, 15) is 9.90 Å². The molecule has 3 atom stereocenters. The molecule has 4 heteroatoms. The van der Waals surface area contributed by atoms with E-state index in [-0.39, 0.29) is 11.2 Å². The van der Waals surface area contributed by atoms with Gasteiger partial charge in [-0.15, -0.1) is 0 Å². The van der Waals surface area contributed by atoms with E-state index in [1.54, 1.807) is 0 Å². The predicted molar refractivity (Wildman–Crippen MR) is 89.0 cm³/mol. The molecule has 0 spiro atoms. The molecule has 1 aliphatic rings. The lowest BCUT2D eigenvalue weighted by Gasteiger charge is -2.34. The third kappa shape index (κ3) is 4.75. The van der Waals surface area contributed by atoms with Gasteiger partial charge in [0.15, 0.2) is 0 Å². The summed E-state index contributed by atoms with van der Waals surface area (Å²) in [5, 5.41) is 9.69. The van der Waals surface area contributed by atoms with Crippen molar-refractivity contribution in [3.05, 3.63) is 35.9 Å². The second-order valence-electron chi connectivity index (χ2n) is 6.08. The van der Waals surface area contributed by atoms with Crippen molar-refractivity contribution in [1.82, 2.24) is 4.90 Å². The van der Waals surface area contributed by atoms with Gasteiger partial charge >= 0.3 is 5.97 Å². The Bertz CT molecular complexity index is 449. The molecule has 116 valence electrons. The average molecular weight is 307 g/mol. The summed E-state index contributed by atoms with van der Waals surface area (Å²) in [6.45, 7) is 1.00. The SMILES string of the molecule is CN(C)CCSC1CC(c2ccccc2)CCC1C(=O)O. The van der Waals surface area contributed by atoms with Crippen LogP contribution in [0.5, 0.6) is 0 Å². The highest BCUT2D eigenvalue weighted by atomic mass is 32.2. The van der Waals surface area contributed by atoms with Gasteiger partial charge in [0, 0.05) is 17.5 Å². The molecule has 1 fully saturated rings. The molecule has 3 unspecified atom stereocenters. The molecule has 0 radical (unpaired) electrons. The summed E-state index contributed by atoms with van der Waals surface area (Å²) >= 11 is 1.84. The normalized spacial score (nSPS) is 26.0.